The summed E-state index contributed by atoms with van der Waals surface area (Å²) in [7, 11) is -16.6. The summed E-state index contributed by atoms with van der Waals surface area (Å²) in [6.07, 6.45) is 17.7. The predicted molar refractivity (Wildman–Crippen MR) is 243 cm³/mol. The average molecular weight is 995 g/mol. The van der Waals surface area contributed by atoms with Crippen molar-refractivity contribution in [3.8, 4) is 0 Å². The van der Waals surface area contributed by atoms with Crippen LogP contribution in [0.5, 0.6) is 0 Å². The summed E-state index contributed by atoms with van der Waals surface area (Å²) in [5, 5.41) is 31.8. The quantitative estimate of drug-likeness (QED) is 0.0124. The first kappa shape index (κ1) is 61.6. The van der Waals surface area contributed by atoms with Gasteiger partial charge in [-0.2, -0.15) is 0 Å². The van der Waals surface area contributed by atoms with Crippen molar-refractivity contribution in [1.29, 1.82) is 0 Å². The van der Waals surface area contributed by atoms with Gasteiger partial charge in [-0.15, -0.1) is 0 Å². The number of aliphatic hydroxyl groups is 3. The Balaban J connectivity index is 2.75. The van der Waals surface area contributed by atoms with E-state index in [-0.39, 0.29) is 12.8 Å². The molecule has 0 bridgehead atoms. The van der Waals surface area contributed by atoms with Gasteiger partial charge < -0.3 is 49.3 Å². The zero-order chi connectivity index (χ0) is 48.6. The van der Waals surface area contributed by atoms with Gasteiger partial charge in [-0.05, 0) is 64.2 Å². The number of hydrogen-bond donors (Lipinski definition) is 8. The molecule has 5 unspecified atom stereocenters. The zero-order valence-corrected chi connectivity index (χ0v) is 41.2. The smallest absolute Gasteiger partial charge is 0.462 e. The molecule has 8 N–H and O–H groups in total. The van der Waals surface area contributed by atoms with Crippen LogP contribution in [0, 0.1) is 0 Å². The molecule has 0 aromatic heterocycles. The molecule has 0 aromatic carbocycles. The molecular formula is C43H81O19P3. The van der Waals surface area contributed by atoms with Crippen molar-refractivity contribution in [3.05, 3.63) is 24.3 Å². The largest absolute Gasteiger partial charge is 0.472 e. The Morgan fingerprint density at radius 3 is 1.29 bits per heavy atom. The third-order valence-corrected chi connectivity index (χ3v) is 12.8. The van der Waals surface area contributed by atoms with Crippen LogP contribution in [0.3, 0.4) is 0 Å². The van der Waals surface area contributed by atoms with Gasteiger partial charge in [-0.25, -0.2) is 13.7 Å². The molecule has 1 rings (SSSR count). The Labute approximate surface area is 386 Å². The van der Waals surface area contributed by atoms with E-state index in [1.807, 2.05) is 0 Å². The van der Waals surface area contributed by atoms with Crippen molar-refractivity contribution in [2.45, 2.75) is 224 Å². The number of phosphoric ester groups is 3. The summed E-state index contributed by atoms with van der Waals surface area (Å²) in [6, 6.07) is 0. The zero-order valence-electron chi connectivity index (χ0n) is 38.6. The number of rotatable bonds is 40. The fourth-order valence-electron chi connectivity index (χ4n) is 7.16. The molecule has 1 saturated carbocycles. The topological polar surface area (TPSA) is 303 Å². The molecule has 1 fully saturated rings. The van der Waals surface area contributed by atoms with Gasteiger partial charge in [0.05, 0.1) is 6.61 Å². The maximum Gasteiger partial charge on any atom is 0.472 e. The van der Waals surface area contributed by atoms with Gasteiger partial charge in [-0.1, -0.05) is 128 Å². The second kappa shape index (κ2) is 35.7. The fourth-order valence-corrected chi connectivity index (χ4v) is 9.26. The van der Waals surface area contributed by atoms with Crippen LogP contribution in [0.4, 0.5) is 0 Å². The van der Waals surface area contributed by atoms with E-state index in [0.29, 0.717) is 12.8 Å². The molecule has 0 radical (unpaired) electrons. The number of hydrogen-bond acceptors (Lipinski definition) is 14. The third kappa shape index (κ3) is 32.1. The monoisotopic (exact) mass is 994 g/mol. The van der Waals surface area contributed by atoms with Gasteiger partial charge in [0.25, 0.3) is 0 Å². The van der Waals surface area contributed by atoms with E-state index in [1.165, 1.54) is 64.2 Å². The molecule has 8 atom stereocenters. The fraction of sp³-hybridized carbons (Fsp3) is 0.860. The highest BCUT2D eigenvalue weighted by atomic mass is 31.2. The second-order valence-corrected chi connectivity index (χ2v) is 20.5. The molecular weight excluding hydrogens is 913 g/mol. The lowest BCUT2D eigenvalue weighted by atomic mass is 9.85. The lowest BCUT2D eigenvalue weighted by Gasteiger charge is -2.44. The Morgan fingerprint density at radius 1 is 0.477 bits per heavy atom. The average Bonchev–Trinajstić information content (AvgIpc) is 3.23. The summed E-state index contributed by atoms with van der Waals surface area (Å²) in [6.45, 7) is 2.90. The lowest BCUT2D eigenvalue weighted by molar-refractivity contribution is -0.213. The molecule has 0 aliphatic heterocycles. The number of ether oxygens (including phenoxy) is 2. The minimum atomic E-state index is -5.60. The van der Waals surface area contributed by atoms with Crippen LogP contribution < -0.4 is 0 Å². The summed E-state index contributed by atoms with van der Waals surface area (Å²) >= 11 is 0. The predicted octanol–water partition coefficient (Wildman–Crippen LogP) is 8.29. The van der Waals surface area contributed by atoms with Crippen LogP contribution in [0.1, 0.15) is 181 Å². The summed E-state index contributed by atoms with van der Waals surface area (Å²) < 4.78 is 65.4. The van der Waals surface area contributed by atoms with E-state index in [9.17, 15) is 63.1 Å². The van der Waals surface area contributed by atoms with Crippen molar-refractivity contribution in [3.63, 3.8) is 0 Å². The molecule has 0 aromatic rings. The first-order valence-electron chi connectivity index (χ1n) is 23.6. The van der Waals surface area contributed by atoms with Gasteiger partial charge >= 0.3 is 35.4 Å². The van der Waals surface area contributed by atoms with E-state index in [1.54, 1.807) is 0 Å². The number of carbonyl (C=O) groups is 2. The minimum Gasteiger partial charge on any atom is -0.462 e. The van der Waals surface area contributed by atoms with Gasteiger partial charge in [0.1, 0.15) is 43.2 Å². The van der Waals surface area contributed by atoms with Crippen LogP contribution in [-0.4, -0.2) is 108 Å². The van der Waals surface area contributed by atoms with E-state index in [4.69, 9.17) is 18.5 Å². The molecule has 19 nitrogen and oxygen atoms in total. The summed E-state index contributed by atoms with van der Waals surface area (Å²) in [5.74, 6) is -1.31. The molecule has 65 heavy (non-hydrogen) atoms. The molecule has 0 spiro atoms. The number of allylic oxidation sites excluding steroid dienone is 4. The lowest BCUT2D eigenvalue weighted by Crippen LogP contribution is -2.65. The highest BCUT2D eigenvalue weighted by molar-refractivity contribution is 7.47. The minimum absolute atomic E-state index is 0.0121. The Hall–Kier alpha value is -1.37. The van der Waals surface area contributed by atoms with Crippen LogP contribution >= 0.6 is 23.5 Å². The molecule has 382 valence electrons. The SMILES string of the molecule is CCCCCCC=CCCCCCCCC(=O)OC[C@H](COP(=O)(O)O[C@H]1C(O)C(O)C(OP(=O)(O)O)[C@@H](OP(=O)(O)O)C1O)OC(=O)CCCCCCCC=CCCCCCCCC. The van der Waals surface area contributed by atoms with Gasteiger partial charge in [-0.3, -0.25) is 27.7 Å². The molecule has 22 heteroatoms. The third-order valence-electron chi connectivity index (χ3n) is 10.7. The van der Waals surface area contributed by atoms with Crippen LogP contribution in [0.2, 0.25) is 0 Å². The number of phosphoric acid groups is 3. The van der Waals surface area contributed by atoms with Crippen LogP contribution in [-0.2, 0) is 50.9 Å². The van der Waals surface area contributed by atoms with E-state index >= 15 is 0 Å². The normalized spacial score (nSPS) is 22.1. The van der Waals surface area contributed by atoms with Crippen molar-refractivity contribution in [1.82, 2.24) is 0 Å². The van der Waals surface area contributed by atoms with Gasteiger partial charge in [0.2, 0.25) is 0 Å². The van der Waals surface area contributed by atoms with Crippen LogP contribution in [0.15, 0.2) is 24.3 Å². The molecule has 0 heterocycles. The standard InChI is InChI=1S/C43H81O19P3/c1-3-5-7-9-11-13-15-17-18-20-22-24-26-28-30-32-37(45)59-35(33-57-36(44)31-29-27-25-23-21-19-16-14-12-10-8-6-4-2)34-58-65(55,56)62-41-38(46)39(47)42(60-63(49,50)51)43(40(41)48)61-64(52,53)54/h14,16-18,35,38-43,46-48H,3-13,15,19-34H2,1-2H3,(H,55,56)(H2,49,50,51)(H2,52,53,54)/t35-,38?,39?,40?,41+,42?,43+/m1/s1. The van der Waals surface area contributed by atoms with Gasteiger partial charge in [0.15, 0.2) is 6.10 Å². The molecule has 0 saturated heterocycles. The molecule has 0 amide bonds. The van der Waals surface area contributed by atoms with Crippen molar-refractivity contribution >= 4 is 35.4 Å². The first-order chi connectivity index (χ1) is 30.8. The Morgan fingerprint density at radius 2 is 0.846 bits per heavy atom. The molecule has 1 aliphatic rings. The number of esters is 2. The highest BCUT2D eigenvalue weighted by Crippen LogP contribution is 2.51. The van der Waals surface area contributed by atoms with Crippen molar-refractivity contribution in [2.75, 3.05) is 13.2 Å². The summed E-state index contributed by atoms with van der Waals surface area (Å²) in [4.78, 5) is 73.1. The second-order valence-electron chi connectivity index (χ2n) is 16.7. The number of carbonyl (C=O) groups excluding carboxylic acids is 2. The van der Waals surface area contributed by atoms with E-state index < -0.39 is 91.3 Å². The van der Waals surface area contributed by atoms with Crippen molar-refractivity contribution < 1.29 is 90.6 Å². The maximum absolute atomic E-state index is 13.1. The summed E-state index contributed by atoms with van der Waals surface area (Å²) in [5.41, 5.74) is 0. The Bertz CT molecular complexity index is 1470. The maximum atomic E-state index is 13.1. The first-order valence-corrected chi connectivity index (χ1v) is 28.2. The van der Waals surface area contributed by atoms with Gasteiger partial charge in [0, 0.05) is 12.8 Å². The molecule has 1 aliphatic carbocycles. The number of unbranched alkanes of at least 4 members (excludes halogenated alkanes) is 20. The highest BCUT2D eigenvalue weighted by Gasteiger charge is 2.56. The van der Waals surface area contributed by atoms with E-state index in [2.05, 4.69) is 47.2 Å². The Kier molecular flexibility index (Phi) is 33.9. The van der Waals surface area contributed by atoms with Crippen LogP contribution in [0.25, 0.3) is 0 Å². The number of aliphatic hydroxyl groups excluding tert-OH is 3. The van der Waals surface area contributed by atoms with Crippen molar-refractivity contribution in [2.24, 2.45) is 0 Å². The van der Waals surface area contributed by atoms with E-state index in [0.717, 1.165) is 77.0 Å².